The van der Waals surface area contributed by atoms with Gasteiger partial charge < -0.3 is 28.9 Å². The van der Waals surface area contributed by atoms with Crippen LogP contribution in [-0.4, -0.2) is 25.0 Å². The number of carbonyl (C=O) groups is 2. The summed E-state index contributed by atoms with van der Waals surface area (Å²) in [6, 6.07) is 11.7. The van der Waals surface area contributed by atoms with Gasteiger partial charge in [0.15, 0.2) is 5.78 Å². The Morgan fingerprint density at radius 3 is 2.32 bits per heavy atom. The van der Waals surface area contributed by atoms with Crippen molar-refractivity contribution in [2.24, 2.45) is 0 Å². The van der Waals surface area contributed by atoms with E-state index in [-0.39, 0.29) is 98.2 Å². The molecule has 0 fully saturated rings. The summed E-state index contributed by atoms with van der Waals surface area (Å²) < 4.78 is 17.3. The minimum absolute atomic E-state index is 0. The summed E-state index contributed by atoms with van der Waals surface area (Å²) in [5.74, 6) is -1.04. The Morgan fingerprint density at radius 2 is 1.65 bits per heavy atom. The molecular formula is C27H22Na2O8. The molecule has 0 saturated carbocycles. The summed E-state index contributed by atoms with van der Waals surface area (Å²) >= 11 is 0. The fourth-order valence-electron chi connectivity index (χ4n) is 3.77. The van der Waals surface area contributed by atoms with Crippen LogP contribution in [0.1, 0.15) is 46.5 Å². The number of Topliss-reactive ketones (excluding diaryl/α,β-unsaturated/α-hetero) is 1. The number of carboxylic acid groups (broad SMARTS) is 1. The standard InChI is InChI=1S/C27H24O8.2Na/c1-3-16-11-20(15(2)28)22(29)14-24(16)34-10-4-9-33-18-6-7-19-25(13-18)35-23-8-5-17(27(31)32)12-21(23)26(19)30;;/h5-8,11-14,29H,3-4,9-10H2,1-2H3,(H,31,32);;/q;2*+1/p-2. The van der Waals surface area contributed by atoms with Crippen LogP contribution in [0.2, 0.25) is 0 Å². The molecule has 0 atom stereocenters. The molecule has 3 aromatic carbocycles. The van der Waals surface area contributed by atoms with Crippen LogP contribution in [-0.2, 0) is 6.42 Å². The third-order valence-electron chi connectivity index (χ3n) is 5.62. The number of benzene rings is 3. The van der Waals surface area contributed by atoms with E-state index in [9.17, 15) is 24.6 Å². The molecule has 0 bridgehead atoms. The number of aryl methyl sites for hydroxylation is 1. The van der Waals surface area contributed by atoms with Gasteiger partial charge in [-0.1, -0.05) is 12.7 Å². The maximum Gasteiger partial charge on any atom is 1.00 e. The van der Waals surface area contributed by atoms with E-state index in [1.165, 1.54) is 31.2 Å². The van der Waals surface area contributed by atoms with E-state index >= 15 is 0 Å². The molecule has 0 saturated heterocycles. The summed E-state index contributed by atoms with van der Waals surface area (Å²) in [5, 5.41) is 23.6. The van der Waals surface area contributed by atoms with E-state index in [0.29, 0.717) is 48.5 Å². The Morgan fingerprint density at radius 1 is 0.919 bits per heavy atom. The van der Waals surface area contributed by atoms with Crippen LogP contribution in [0.25, 0.3) is 21.9 Å². The first-order valence-corrected chi connectivity index (χ1v) is 11.1. The molecule has 1 aromatic heterocycles. The molecule has 0 aliphatic rings. The molecule has 8 nitrogen and oxygen atoms in total. The van der Waals surface area contributed by atoms with Gasteiger partial charge in [0.05, 0.1) is 30.0 Å². The van der Waals surface area contributed by atoms with Gasteiger partial charge in [-0.2, -0.15) is 0 Å². The van der Waals surface area contributed by atoms with E-state index < -0.39 is 5.97 Å². The van der Waals surface area contributed by atoms with E-state index in [0.717, 1.165) is 5.56 Å². The monoisotopic (exact) mass is 520 g/mol. The summed E-state index contributed by atoms with van der Waals surface area (Å²) in [5.41, 5.74) is 1.09. The molecule has 0 aliphatic carbocycles. The van der Waals surface area contributed by atoms with Gasteiger partial charge in [-0.3, -0.25) is 9.59 Å². The number of fused-ring (bicyclic) bond motifs is 2. The zero-order valence-electron chi connectivity index (χ0n) is 21.2. The molecule has 4 aromatic rings. The summed E-state index contributed by atoms with van der Waals surface area (Å²) in [6.45, 7) is 3.90. The normalized spacial score (nSPS) is 10.4. The van der Waals surface area contributed by atoms with Crippen molar-refractivity contribution in [3.8, 4) is 17.2 Å². The molecular weight excluding hydrogens is 498 g/mol. The van der Waals surface area contributed by atoms with Crippen LogP contribution in [0.3, 0.4) is 0 Å². The summed E-state index contributed by atoms with van der Waals surface area (Å²) in [4.78, 5) is 35.4. The molecule has 180 valence electrons. The van der Waals surface area contributed by atoms with E-state index in [1.807, 2.05) is 6.92 Å². The van der Waals surface area contributed by atoms with Gasteiger partial charge in [0.2, 0.25) is 5.43 Å². The van der Waals surface area contributed by atoms with Crippen LogP contribution >= 0.6 is 0 Å². The molecule has 0 amide bonds. The Labute approximate surface area is 257 Å². The molecule has 0 N–H and O–H groups in total. The second kappa shape index (κ2) is 13.5. The van der Waals surface area contributed by atoms with Gasteiger partial charge in [-0.05, 0) is 66.9 Å². The molecule has 4 rings (SSSR count). The van der Waals surface area contributed by atoms with Crippen molar-refractivity contribution in [1.82, 2.24) is 0 Å². The van der Waals surface area contributed by atoms with Crippen molar-refractivity contribution in [3.63, 3.8) is 0 Å². The van der Waals surface area contributed by atoms with Crippen molar-refractivity contribution in [2.45, 2.75) is 26.7 Å². The van der Waals surface area contributed by atoms with Gasteiger partial charge in [0, 0.05) is 18.1 Å². The smallest absolute Gasteiger partial charge is 0.872 e. The number of hydrogen-bond acceptors (Lipinski definition) is 8. The summed E-state index contributed by atoms with van der Waals surface area (Å²) in [7, 11) is 0. The van der Waals surface area contributed by atoms with E-state index in [1.54, 1.807) is 24.3 Å². The minimum Gasteiger partial charge on any atom is -0.872 e. The Balaban J connectivity index is 0.00000241. The quantitative estimate of drug-likeness (QED) is 0.0989. The topological polar surface area (TPSA) is 129 Å². The fourth-order valence-corrected chi connectivity index (χ4v) is 3.77. The minimum atomic E-state index is -1.37. The third-order valence-corrected chi connectivity index (χ3v) is 5.62. The SMILES string of the molecule is CCc1cc(C(C)=O)c([O-])cc1OCCCOc1ccc2c(=O)c3cc(C(=O)[O-])ccc3oc2c1.[Na+].[Na+]. The molecule has 10 heteroatoms. The first-order valence-electron chi connectivity index (χ1n) is 11.1. The van der Waals surface area contributed by atoms with Crippen LogP contribution in [0.15, 0.2) is 57.7 Å². The first kappa shape index (κ1) is 30.9. The van der Waals surface area contributed by atoms with Gasteiger partial charge in [-0.25, -0.2) is 0 Å². The third kappa shape index (κ3) is 6.96. The fraction of sp³-hybridized carbons (Fsp3) is 0.222. The number of rotatable bonds is 9. The van der Waals surface area contributed by atoms with Crippen LogP contribution in [0.5, 0.6) is 17.2 Å². The average Bonchev–Trinajstić information content (AvgIpc) is 2.83. The van der Waals surface area contributed by atoms with Gasteiger partial charge in [-0.15, -0.1) is 0 Å². The van der Waals surface area contributed by atoms with E-state index in [2.05, 4.69) is 0 Å². The van der Waals surface area contributed by atoms with Crippen molar-refractivity contribution in [1.29, 1.82) is 0 Å². The first-order chi connectivity index (χ1) is 16.8. The van der Waals surface area contributed by atoms with E-state index in [4.69, 9.17) is 13.9 Å². The van der Waals surface area contributed by atoms with Gasteiger partial charge in [0.25, 0.3) is 0 Å². The molecule has 37 heavy (non-hydrogen) atoms. The average molecular weight is 520 g/mol. The van der Waals surface area contributed by atoms with Gasteiger partial charge in [0.1, 0.15) is 22.7 Å². The van der Waals surface area contributed by atoms with Crippen LogP contribution in [0.4, 0.5) is 0 Å². The largest absolute Gasteiger partial charge is 1.00 e. The number of ether oxygens (including phenoxy) is 2. The van der Waals surface area contributed by atoms with Crippen LogP contribution < -0.4 is 84.2 Å². The van der Waals surface area contributed by atoms with Crippen molar-refractivity contribution >= 4 is 33.7 Å². The number of carboxylic acids is 1. The van der Waals surface area contributed by atoms with Crippen molar-refractivity contribution in [3.05, 3.63) is 75.4 Å². The van der Waals surface area contributed by atoms with Crippen LogP contribution in [0, 0.1) is 0 Å². The maximum atomic E-state index is 12.8. The zero-order chi connectivity index (χ0) is 25.1. The molecule has 0 radical (unpaired) electrons. The second-order valence-electron chi connectivity index (χ2n) is 8.00. The molecule has 0 aliphatic heterocycles. The molecule has 1 heterocycles. The predicted molar refractivity (Wildman–Crippen MR) is 125 cm³/mol. The number of carbonyl (C=O) groups excluding carboxylic acids is 2. The summed E-state index contributed by atoms with van der Waals surface area (Å²) in [6.07, 6.45) is 1.15. The van der Waals surface area contributed by atoms with Gasteiger partial charge >= 0.3 is 59.1 Å². The second-order valence-corrected chi connectivity index (χ2v) is 8.00. The molecule has 0 spiro atoms. The maximum absolute atomic E-state index is 12.8. The van der Waals surface area contributed by atoms with Crippen molar-refractivity contribution in [2.75, 3.05) is 13.2 Å². The Hall–Kier alpha value is -2.33. The number of ketones is 1. The zero-order valence-corrected chi connectivity index (χ0v) is 25.2. The van der Waals surface area contributed by atoms with Crippen molar-refractivity contribution < 1.29 is 92.8 Å². The molecule has 0 unspecified atom stereocenters. The predicted octanol–water partition coefficient (Wildman–Crippen LogP) is -3.00. The Bertz CT molecular complexity index is 1510. The number of aromatic carboxylic acids is 1. The number of hydrogen-bond donors (Lipinski definition) is 0. The Kier molecular flexibility index (Phi) is 11.2.